The Labute approximate surface area is 160 Å². The Morgan fingerprint density at radius 1 is 1.15 bits per heavy atom. The van der Waals surface area contributed by atoms with E-state index >= 15 is 0 Å². The second-order valence-electron chi connectivity index (χ2n) is 6.67. The number of pyridine rings is 1. The van der Waals surface area contributed by atoms with Crippen LogP contribution in [-0.2, 0) is 4.79 Å². The number of nitrogens with zero attached hydrogens (tertiary/aromatic N) is 4. The van der Waals surface area contributed by atoms with Gasteiger partial charge in [0.2, 0.25) is 5.95 Å². The van der Waals surface area contributed by atoms with Gasteiger partial charge in [-0.05, 0) is 37.1 Å². The average molecular weight is 378 g/mol. The van der Waals surface area contributed by atoms with Gasteiger partial charge in [0.15, 0.2) is 11.6 Å². The zero-order valence-corrected chi connectivity index (χ0v) is 15.1. The fourth-order valence-corrected chi connectivity index (χ4v) is 3.91. The van der Waals surface area contributed by atoms with E-state index in [1.165, 1.54) is 0 Å². The van der Waals surface area contributed by atoms with Gasteiger partial charge in [0, 0.05) is 34.5 Å². The fourth-order valence-electron chi connectivity index (χ4n) is 3.72. The van der Waals surface area contributed by atoms with Crippen molar-refractivity contribution in [1.29, 1.82) is 0 Å². The lowest BCUT2D eigenvalue weighted by Gasteiger charge is -2.31. The second-order valence-corrected chi connectivity index (χ2v) is 7.10. The quantitative estimate of drug-likeness (QED) is 0.730. The summed E-state index contributed by atoms with van der Waals surface area (Å²) in [6.07, 6.45) is 3.95. The largest absolute Gasteiger partial charge is 0.328 e. The highest BCUT2D eigenvalue weighted by atomic mass is 35.5. The lowest BCUT2D eigenvalue weighted by Crippen LogP contribution is -2.32. The Hall–Kier alpha value is -2.99. The summed E-state index contributed by atoms with van der Waals surface area (Å²) in [5, 5.41) is 8.65. The normalized spacial score (nSPS) is 18.7. The Kier molecular flexibility index (Phi) is 3.79. The van der Waals surface area contributed by atoms with Crippen molar-refractivity contribution >= 4 is 23.3 Å². The van der Waals surface area contributed by atoms with E-state index in [0.717, 1.165) is 35.4 Å². The van der Waals surface area contributed by atoms with Crippen molar-refractivity contribution in [3.05, 3.63) is 70.6 Å². The van der Waals surface area contributed by atoms with Gasteiger partial charge in [0.1, 0.15) is 6.04 Å². The van der Waals surface area contributed by atoms with Crippen LogP contribution in [-0.4, -0.2) is 25.5 Å². The molecule has 3 aromatic rings. The predicted molar refractivity (Wildman–Crippen MR) is 102 cm³/mol. The van der Waals surface area contributed by atoms with Crippen molar-refractivity contribution in [3.63, 3.8) is 0 Å². The van der Waals surface area contributed by atoms with Crippen molar-refractivity contribution in [3.8, 4) is 11.4 Å². The molecule has 2 aromatic heterocycles. The van der Waals surface area contributed by atoms with Gasteiger partial charge in [-0.3, -0.25) is 9.78 Å². The molecule has 0 bridgehead atoms. The number of allylic oxidation sites excluding steroid dienone is 2. The van der Waals surface area contributed by atoms with E-state index in [1.807, 2.05) is 42.5 Å². The average Bonchev–Trinajstić information content (AvgIpc) is 3.11. The first-order valence-electron chi connectivity index (χ1n) is 8.87. The standard InChI is InChI=1S/C20H16ClN5O/c21-13-6-3-5-12(11-13)19-24-20-23-14-8-4-9-16(27)17(14)18(26(20)25-19)15-7-1-2-10-22-15/h1-3,5-7,10-11,18H,4,8-9H2,(H,23,24,25). The van der Waals surface area contributed by atoms with Crippen LogP contribution in [0.5, 0.6) is 0 Å². The molecule has 1 unspecified atom stereocenters. The van der Waals surface area contributed by atoms with E-state index in [0.29, 0.717) is 23.2 Å². The number of hydrogen-bond acceptors (Lipinski definition) is 5. The van der Waals surface area contributed by atoms with Crippen molar-refractivity contribution in [2.45, 2.75) is 25.3 Å². The maximum absolute atomic E-state index is 12.7. The lowest BCUT2D eigenvalue weighted by atomic mass is 9.87. The van der Waals surface area contributed by atoms with E-state index in [2.05, 4.69) is 15.3 Å². The van der Waals surface area contributed by atoms with Gasteiger partial charge in [0.25, 0.3) is 0 Å². The molecule has 6 nitrogen and oxygen atoms in total. The van der Waals surface area contributed by atoms with Crippen molar-refractivity contribution in [2.75, 3.05) is 5.32 Å². The van der Waals surface area contributed by atoms with Crippen LogP contribution in [0.15, 0.2) is 59.9 Å². The summed E-state index contributed by atoms with van der Waals surface area (Å²) < 4.78 is 1.76. The molecule has 7 heteroatoms. The molecule has 0 radical (unpaired) electrons. The molecule has 2 aliphatic rings. The number of hydrogen-bond donors (Lipinski definition) is 1. The Morgan fingerprint density at radius 3 is 2.89 bits per heavy atom. The molecule has 1 N–H and O–H groups in total. The van der Waals surface area contributed by atoms with Gasteiger partial charge < -0.3 is 5.32 Å². The zero-order valence-electron chi connectivity index (χ0n) is 14.4. The molecule has 0 amide bonds. The van der Waals surface area contributed by atoms with Gasteiger partial charge in [-0.25, -0.2) is 4.68 Å². The van der Waals surface area contributed by atoms with E-state index in [-0.39, 0.29) is 11.8 Å². The smallest absolute Gasteiger partial charge is 0.226 e. The van der Waals surface area contributed by atoms with Crippen molar-refractivity contribution in [1.82, 2.24) is 19.7 Å². The molecule has 0 spiro atoms. The first-order valence-corrected chi connectivity index (χ1v) is 9.25. The minimum atomic E-state index is -0.370. The lowest BCUT2D eigenvalue weighted by molar-refractivity contribution is -0.116. The van der Waals surface area contributed by atoms with E-state index in [9.17, 15) is 4.79 Å². The molecular formula is C20H16ClN5O. The third-order valence-electron chi connectivity index (χ3n) is 4.92. The number of aromatic nitrogens is 4. The third kappa shape index (κ3) is 2.73. The van der Waals surface area contributed by atoms with Crippen LogP contribution in [0.4, 0.5) is 5.95 Å². The van der Waals surface area contributed by atoms with Crippen LogP contribution >= 0.6 is 11.6 Å². The van der Waals surface area contributed by atoms with Gasteiger partial charge in [-0.2, -0.15) is 4.98 Å². The summed E-state index contributed by atoms with van der Waals surface area (Å²) in [5.41, 5.74) is 3.29. The molecular weight excluding hydrogens is 362 g/mol. The maximum atomic E-state index is 12.7. The molecule has 1 atom stereocenters. The molecule has 1 aromatic carbocycles. The van der Waals surface area contributed by atoms with Gasteiger partial charge >= 0.3 is 0 Å². The van der Waals surface area contributed by atoms with Crippen molar-refractivity contribution < 1.29 is 4.79 Å². The highest BCUT2D eigenvalue weighted by molar-refractivity contribution is 6.30. The SMILES string of the molecule is O=C1CCCC2=C1C(c1ccccn1)n1nc(-c3cccc(Cl)c3)nc1N2. The summed E-state index contributed by atoms with van der Waals surface area (Å²) in [6.45, 7) is 0. The van der Waals surface area contributed by atoms with Gasteiger partial charge in [-0.15, -0.1) is 5.10 Å². The fraction of sp³-hybridized carbons (Fsp3) is 0.200. The molecule has 1 aliphatic heterocycles. The first kappa shape index (κ1) is 16.2. The number of carbonyl (C=O) groups is 1. The number of Topliss-reactive ketones (excluding diaryl/α,β-unsaturated/α-hetero) is 1. The Balaban J connectivity index is 1.68. The summed E-state index contributed by atoms with van der Waals surface area (Å²) in [6, 6.07) is 12.8. The number of rotatable bonds is 2. The Bertz CT molecular complexity index is 1070. The summed E-state index contributed by atoms with van der Waals surface area (Å²) in [4.78, 5) is 21.9. The molecule has 0 saturated heterocycles. The molecule has 0 saturated carbocycles. The monoisotopic (exact) mass is 377 g/mol. The number of fused-ring (bicyclic) bond motifs is 1. The molecule has 5 rings (SSSR count). The summed E-state index contributed by atoms with van der Waals surface area (Å²) in [7, 11) is 0. The van der Waals surface area contributed by atoms with Crippen molar-refractivity contribution in [2.24, 2.45) is 0 Å². The number of halogens is 1. The molecule has 1 aliphatic carbocycles. The topological polar surface area (TPSA) is 72.7 Å². The van der Waals surface area contributed by atoms with Crippen LogP contribution < -0.4 is 5.32 Å². The van der Waals surface area contributed by atoms with Crippen LogP contribution in [0.2, 0.25) is 5.02 Å². The minimum Gasteiger partial charge on any atom is -0.328 e. The second kappa shape index (κ2) is 6.32. The summed E-state index contributed by atoms with van der Waals surface area (Å²) >= 11 is 6.12. The number of nitrogens with one attached hydrogen (secondary N) is 1. The van der Waals surface area contributed by atoms with Crippen LogP contribution in [0.1, 0.15) is 31.0 Å². The third-order valence-corrected chi connectivity index (χ3v) is 5.15. The number of anilines is 1. The maximum Gasteiger partial charge on any atom is 0.226 e. The van der Waals surface area contributed by atoms with E-state index < -0.39 is 0 Å². The van der Waals surface area contributed by atoms with Gasteiger partial charge in [0.05, 0.1) is 5.69 Å². The molecule has 3 heterocycles. The Morgan fingerprint density at radius 2 is 2.07 bits per heavy atom. The van der Waals surface area contributed by atoms with Crippen LogP contribution in [0.25, 0.3) is 11.4 Å². The highest BCUT2D eigenvalue weighted by Gasteiger charge is 2.37. The number of benzene rings is 1. The number of ketones is 1. The highest BCUT2D eigenvalue weighted by Crippen LogP contribution is 2.40. The number of carbonyl (C=O) groups excluding carboxylic acids is 1. The molecule has 134 valence electrons. The summed E-state index contributed by atoms with van der Waals surface area (Å²) in [5.74, 6) is 1.33. The molecule has 0 fully saturated rings. The minimum absolute atomic E-state index is 0.143. The van der Waals surface area contributed by atoms with E-state index in [4.69, 9.17) is 16.7 Å². The van der Waals surface area contributed by atoms with Gasteiger partial charge in [-0.1, -0.05) is 29.8 Å². The van der Waals surface area contributed by atoms with E-state index in [1.54, 1.807) is 10.9 Å². The zero-order chi connectivity index (χ0) is 18.4. The van der Waals surface area contributed by atoms with Crippen LogP contribution in [0, 0.1) is 0 Å². The first-order chi connectivity index (χ1) is 13.2. The van der Waals surface area contributed by atoms with Crippen LogP contribution in [0.3, 0.4) is 0 Å². The predicted octanol–water partition coefficient (Wildman–Crippen LogP) is 4.02. The molecule has 27 heavy (non-hydrogen) atoms.